The van der Waals surface area contributed by atoms with Gasteiger partial charge in [0.15, 0.2) is 5.82 Å². The number of carbonyl (C=O) groups is 3. The van der Waals surface area contributed by atoms with Crippen LogP contribution in [0.25, 0.3) is 0 Å². The van der Waals surface area contributed by atoms with Gasteiger partial charge < -0.3 is 14.5 Å². The number of rotatable bonds is 7. The molecule has 9 nitrogen and oxygen atoms in total. The van der Waals surface area contributed by atoms with Crippen LogP contribution in [-0.4, -0.2) is 59.7 Å². The molecule has 14 heteroatoms. The number of nitrogens with zero attached hydrogens (tertiary/aromatic N) is 4. The van der Waals surface area contributed by atoms with Crippen molar-refractivity contribution >= 4 is 23.4 Å². The van der Waals surface area contributed by atoms with Crippen molar-refractivity contribution in [3.8, 4) is 11.8 Å². The van der Waals surface area contributed by atoms with Gasteiger partial charge in [-0.25, -0.2) is 8.78 Å². The van der Waals surface area contributed by atoms with Crippen molar-refractivity contribution in [1.29, 1.82) is 5.26 Å². The van der Waals surface area contributed by atoms with Crippen molar-refractivity contribution in [3.63, 3.8) is 0 Å². The van der Waals surface area contributed by atoms with E-state index in [2.05, 4.69) is 5.32 Å². The lowest BCUT2D eigenvalue weighted by atomic mass is 10.0. The highest BCUT2D eigenvalue weighted by Gasteiger charge is 2.41. The van der Waals surface area contributed by atoms with Crippen molar-refractivity contribution in [1.82, 2.24) is 15.1 Å². The summed E-state index contributed by atoms with van der Waals surface area (Å²) in [5, 5.41) is 11.3. The van der Waals surface area contributed by atoms with Crippen LogP contribution in [0.15, 0.2) is 48.5 Å². The number of nitriles is 1. The number of carbonyl (C=O) groups excluding carboxylic acids is 3. The molecule has 2 saturated heterocycles. The van der Waals surface area contributed by atoms with Gasteiger partial charge in [0.2, 0.25) is 11.8 Å². The number of nitrogens with one attached hydrogen (secondary N) is 1. The first-order valence-electron chi connectivity index (χ1n) is 14.9. The summed E-state index contributed by atoms with van der Waals surface area (Å²) in [6.07, 6.45) is -4.64. The van der Waals surface area contributed by atoms with Crippen LogP contribution < -0.4 is 15.0 Å². The zero-order chi connectivity index (χ0) is 33.5. The van der Waals surface area contributed by atoms with Gasteiger partial charge in [-0.05, 0) is 42.3 Å². The third-order valence-electron chi connectivity index (χ3n) is 8.68. The van der Waals surface area contributed by atoms with Crippen molar-refractivity contribution in [3.05, 3.63) is 93.5 Å². The number of hydrogen-bond acceptors (Lipinski definition) is 7. The fourth-order valence-corrected chi connectivity index (χ4v) is 6.24. The lowest BCUT2D eigenvalue weighted by Gasteiger charge is -2.36. The molecular weight excluding hydrogens is 625 g/mol. The number of fused-ring (bicyclic) bond motifs is 1. The lowest BCUT2D eigenvalue weighted by molar-refractivity contribution is -0.140. The molecule has 0 unspecified atom stereocenters. The second kappa shape index (κ2) is 12.6. The zero-order valence-corrected chi connectivity index (χ0v) is 24.9. The van der Waals surface area contributed by atoms with Gasteiger partial charge in [-0.15, -0.1) is 0 Å². The second-order valence-electron chi connectivity index (χ2n) is 11.6. The van der Waals surface area contributed by atoms with Gasteiger partial charge in [-0.2, -0.15) is 18.4 Å². The van der Waals surface area contributed by atoms with E-state index in [1.165, 1.54) is 28.0 Å². The Labute approximate surface area is 266 Å². The van der Waals surface area contributed by atoms with E-state index in [0.29, 0.717) is 42.1 Å². The van der Waals surface area contributed by atoms with Crippen molar-refractivity contribution in [2.75, 3.05) is 31.1 Å². The fraction of sp³-hybridized carbons (Fsp3) is 0.333. The van der Waals surface area contributed by atoms with Crippen LogP contribution in [0.3, 0.4) is 0 Å². The molecular formula is C33H28F5N5O4. The number of ether oxygens (including phenoxy) is 1. The normalized spacial score (nSPS) is 18.6. The molecule has 0 radical (unpaired) electrons. The van der Waals surface area contributed by atoms with Gasteiger partial charge in [0.25, 0.3) is 5.91 Å². The number of benzene rings is 3. The first kappa shape index (κ1) is 31.9. The van der Waals surface area contributed by atoms with E-state index in [1.807, 2.05) is 4.90 Å². The molecule has 6 rings (SSSR count). The van der Waals surface area contributed by atoms with E-state index in [0.717, 1.165) is 6.07 Å². The average molecular weight is 654 g/mol. The number of hydrogen-bond donors (Lipinski definition) is 1. The van der Waals surface area contributed by atoms with Crippen LogP contribution in [-0.2, 0) is 35.5 Å². The third-order valence-corrected chi connectivity index (χ3v) is 8.68. The Bertz CT molecular complexity index is 1800. The highest BCUT2D eigenvalue weighted by atomic mass is 19.4. The van der Waals surface area contributed by atoms with Gasteiger partial charge in [0.05, 0.1) is 23.9 Å². The number of imide groups is 1. The van der Waals surface area contributed by atoms with E-state index in [4.69, 9.17) is 10.00 Å². The molecule has 0 saturated carbocycles. The number of piperazine rings is 1. The minimum absolute atomic E-state index is 0.118. The summed E-state index contributed by atoms with van der Waals surface area (Å²) in [4.78, 5) is 41.8. The predicted octanol–water partition coefficient (Wildman–Crippen LogP) is 4.52. The maximum Gasteiger partial charge on any atom is 0.420 e. The standard InChI is InChI=1S/C33H28F5N5O4/c34-24-14-19(16-41-10-12-42(13-11-41)25-7-6-20(15-39)29(30(25)35)33(36,37)38)4-5-21(24)18-47-27-3-1-2-22-23(27)17-43(32(22)46)26-8-9-28(44)40-31(26)45/h1-7,14,26H,8-13,16-18H2,(H,40,44,45)/t26-/m0/s1. The first-order chi connectivity index (χ1) is 22.4. The molecule has 0 bridgehead atoms. The van der Waals surface area contributed by atoms with Crippen LogP contribution in [0.5, 0.6) is 5.75 Å². The molecule has 244 valence electrons. The summed E-state index contributed by atoms with van der Waals surface area (Å²) in [5.74, 6) is -2.83. The first-order valence-corrected chi connectivity index (χ1v) is 14.9. The topological polar surface area (TPSA) is 106 Å². The number of amides is 3. The minimum atomic E-state index is -5.01. The van der Waals surface area contributed by atoms with Gasteiger partial charge in [0.1, 0.15) is 29.8 Å². The highest BCUT2D eigenvalue weighted by Crippen LogP contribution is 2.38. The predicted molar refractivity (Wildman–Crippen MR) is 157 cm³/mol. The molecule has 47 heavy (non-hydrogen) atoms. The average Bonchev–Trinajstić information content (AvgIpc) is 3.36. The van der Waals surface area contributed by atoms with Crippen LogP contribution in [0.2, 0.25) is 0 Å². The number of halogens is 5. The third kappa shape index (κ3) is 6.35. The maximum absolute atomic E-state index is 15.1. The monoisotopic (exact) mass is 653 g/mol. The molecule has 0 aliphatic carbocycles. The van der Waals surface area contributed by atoms with Crippen molar-refractivity contribution < 1.29 is 41.1 Å². The van der Waals surface area contributed by atoms with Gasteiger partial charge in [0, 0.05) is 55.8 Å². The Hall–Kier alpha value is -5.03. The molecule has 3 aliphatic heterocycles. The van der Waals surface area contributed by atoms with Crippen molar-refractivity contribution in [2.45, 2.75) is 44.8 Å². The van der Waals surface area contributed by atoms with E-state index in [1.54, 1.807) is 30.3 Å². The summed E-state index contributed by atoms with van der Waals surface area (Å²) in [6.45, 7) is 1.61. The Morgan fingerprint density at radius 1 is 1.00 bits per heavy atom. The van der Waals surface area contributed by atoms with E-state index in [9.17, 15) is 31.9 Å². The Morgan fingerprint density at radius 3 is 2.45 bits per heavy atom. The largest absolute Gasteiger partial charge is 0.488 e. The Kier molecular flexibility index (Phi) is 8.59. The number of piperidine rings is 1. The quantitative estimate of drug-likeness (QED) is 0.296. The molecule has 3 heterocycles. The molecule has 1 N–H and O–H groups in total. The van der Waals surface area contributed by atoms with Crippen molar-refractivity contribution in [2.24, 2.45) is 0 Å². The van der Waals surface area contributed by atoms with Gasteiger partial charge >= 0.3 is 6.18 Å². The van der Waals surface area contributed by atoms with Crippen LogP contribution in [0, 0.1) is 23.0 Å². The molecule has 0 spiro atoms. The number of anilines is 1. The van der Waals surface area contributed by atoms with E-state index >= 15 is 4.39 Å². The molecule has 3 amide bonds. The number of alkyl halides is 3. The molecule has 3 aromatic rings. The van der Waals surface area contributed by atoms with Crippen LogP contribution >= 0.6 is 0 Å². The summed E-state index contributed by atoms with van der Waals surface area (Å²) >= 11 is 0. The SMILES string of the molecule is N#Cc1ccc(N2CCN(Cc3ccc(COc4cccc5c4CN([C@H]4CCC(=O)NC4=O)C5=O)c(F)c3)CC2)c(F)c1C(F)(F)F. The highest BCUT2D eigenvalue weighted by molar-refractivity contribution is 6.05. The van der Waals surface area contributed by atoms with Crippen LogP contribution in [0.1, 0.15) is 51.0 Å². The smallest absolute Gasteiger partial charge is 0.420 e. The van der Waals surface area contributed by atoms with Crippen LogP contribution in [0.4, 0.5) is 27.6 Å². The molecule has 0 aromatic heterocycles. The fourth-order valence-electron chi connectivity index (χ4n) is 6.24. The molecule has 2 fully saturated rings. The van der Waals surface area contributed by atoms with Gasteiger partial charge in [-0.1, -0.05) is 18.2 Å². The maximum atomic E-state index is 15.1. The summed E-state index contributed by atoms with van der Waals surface area (Å²) in [7, 11) is 0. The molecule has 3 aliphatic rings. The zero-order valence-electron chi connectivity index (χ0n) is 24.9. The summed E-state index contributed by atoms with van der Waals surface area (Å²) in [6, 6.07) is 12.4. The van der Waals surface area contributed by atoms with Gasteiger partial charge in [-0.3, -0.25) is 24.6 Å². The summed E-state index contributed by atoms with van der Waals surface area (Å²) in [5.41, 5.74) is -0.663. The summed E-state index contributed by atoms with van der Waals surface area (Å²) < 4.78 is 76.2. The Morgan fingerprint density at radius 2 is 1.77 bits per heavy atom. The molecule has 3 aromatic carbocycles. The second-order valence-corrected chi connectivity index (χ2v) is 11.6. The molecule has 1 atom stereocenters. The minimum Gasteiger partial charge on any atom is -0.488 e. The van der Waals surface area contributed by atoms with E-state index < -0.39 is 40.9 Å². The Balaban J connectivity index is 1.06. The van der Waals surface area contributed by atoms with E-state index in [-0.39, 0.29) is 62.1 Å². The lowest BCUT2D eigenvalue weighted by Crippen LogP contribution is -2.52.